The van der Waals surface area contributed by atoms with Crippen molar-refractivity contribution in [2.24, 2.45) is 0 Å². The molecule has 0 aliphatic heterocycles. The van der Waals surface area contributed by atoms with Gasteiger partial charge in [-0.2, -0.15) is 0 Å². The molecular formula is C26H35P. The number of rotatable bonds is 3. The van der Waals surface area contributed by atoms with E-state index in [1.807, 2.05) is 0 Å². The van der Waals surface area contributed by atoms with Crippen molar-refractivity contribution in [3.63, 3.8) is 0 Å². The van der Waals surface area contributed by atoms with Crippen LogP contribution in [0.1, 0.15) is 98.3 Å². The first-order valence-electron chi connectivity index (χ1n) is 11.2. The van der Waals surface area contributed by atoms with E-state index in [9.17, 15) is 0 Å². The van der Waals surface area contributed by atoms with Crippen molar-refractivity contribution in [3.8, 4) is 11.1 Å². The van der Waals surface area contributed by atoms with Gasteiger partial charge < -0.3 is 0 Å². The molecule has 2 aromatic rings. The summed E-state index contributed by atoms with van der Waals surface area (Å²) >= 11 is 0. The molecule has 1 atom stereocenters. The van der Waals surface area contributed by atoms with E-state index in [1.54, 1.807) is 11.1 Å². The Kier molecular flexibility index (Phi) is 6.03. The second kappa shape index (κ2) is 8.48. The Morgan fingerprint density at radius 3 is 1.85 bits per heavy atom. The highest BCUT2D eigenvalue weighted by Crippen LogP contribution is 2.42. The molecule has 2 aliphatic carbocycles. The zero-order valence-corrected chi connectivity index (χ0v) is 18.3. The van der Waals surface area contributed by atoms with E-state index < -0.39 is 0 Å². The Balaban J connectivity index is 1.85. The summed E-state index contributed by atoms with van der Waals surface area (Å²) in [5.74, 6) is 1.56. The molecule has 2 aliphatic rings. The van der Waals surface area contributed by atoms with Crippen molar-refractivity contribution in [2.75, 3.05) is 0 Å². The summed E-state index contributed by atoms with van der Waals surface area (Å²) in [5, 5.41) is 1.50. The van der Waals surface area contributed by atoms with Crippen molar-refractivity contribution in [3.05, 3.63) is 52.6 Å². The standard InChI is InChI=1S/C26H35P/c1-18-10-9-11-19(2)24(18)23-17-16-22(20-12-5-3-6-13-20)25(26(23)27)21-14-7-4-8-15-21/h9-11,16-17,20-21H,3-8,12-15,27H2,1-2H3. The van der Waals surface area contributed by atoms with Crippen molar-refractivity contribution >= 4 is 14.5 Å². The fraction of sp³-hybridized carbons (Fsp3) is 0.538. The van der Waals surface area contributed by atoms with Crippen LogP contribution in [-0.2, 0) is 0 Å². The van der Waals surface area contributed by atoms with E-state index in [0.717, 1.165) is 11.8 Å². The Bertz CT molecular complexity index is 772. The highest BCUT2D eigenvalue weighted by Gasteiger charge is 2.27. The van der Waals surface area contributed by atoms with Crippen LogP contribution in [-0.4, -0.2) is 0 Å². The van der Waals surface area contributed by atoms with E-state index in [-0.39, 0.29) is 0 Å². The van der Waals surface area contributed by atoms with Gasteiger partial charge in [0.1, 0.15) is 0 Å². The van der Waals surface area contributed by atoms with Crippen molar-refractivity contribution in [2.45, 2.75) is 89.9 Å². The van der Waals surface area contributed by atoms with Gasteiger partial charge in [0.15, 0.2) is 0 Å². The van der Waals surface area contributed by atoms with Crippen LogP contribution in [0.15, 0.2) is 30.3 Å². The molecular weight excluding hydrogens is 343 g/mol. The number of hydrogen-bond donors (Lipinski definition) is 0. The quantitative estimate of drug-likeness (QED) is 0.483. The van der Waals surface area contributed by atoms with Crippen molar-refractivity contribution < 1.29 is 0 Å². The lowest BCUT2D eigenvalue weighted by Crippen LogP contribution is -2.20. The van der Waals surface area contributed by atoms with Crippen LogP contribution in [0.2, 0.25) is 0 Å². The van der Waals surface area contributed by atoms with Crippen molar-refractivity contribution in [1.29, 1.82) is 0 Å². The molecule has 2 fully saturated rings. The summed E-state index contributed by atoms with van der Waals surface area (Å²) in [6.07, 6.45) is 14.1. The minimum atomic E-state index is 0.771. The minimum absolute atomic E-state index is 0.771. The third-order valence-corrected chi connectivity index (χ3v) is 7.75. The lowest BCUT2D eigenvalue weighted by molar-refractivity contribution is 0.420. The van der Waals surface area contributed by atoms with Crippen LogP contribution in [0.25, 0.3) is 11.1 Å². The van der Waals surface area contributed by atoms with Gasteiger partial charge in [-0.1, -0.05) is 68.9 Å². The number of aryl methyl sites for hydroxylation is 2. The summed E-state index contributed by atoms with van der Waals surface area (Å²) in [6.45, 7) is 4.53. The predicted molar refractivity (Wildman–Crippen MR) is 122 cm³/mol. The molecule has 0 heterocycles. The average Bonchev–Trinajstić information content (AvgIpc) is 2.70. The molecule has 0 aromatic heterocycles. The molecule has 2 saturated carbocycles. The summed E-state index contributed by atoms with van der Waals surface area (Å²) in [4.78, 5) is 0. The fourth-order valence-corrected chi connectivity index (χ4v) is 6.37. The maximum atomic E-state index is 3.19. The van der Waals surface area contributed by atoms with Gasteiger partial charge in [0.2, 0.25) is 0 Å². The van der Waals surface area contributed by atoms with E-state index in [2.05, 4.69) is 53.4 Å². The first-order chi connectivity index (χ1) is 13.2. The van der Waals surface area contributed by atoms with E-state index >= 15 is 0 Å². The van der Waals surface area contributed by atoms with E-state index in [1.165, 1.54) is 91.8 Å². The van der Waals surface area contributed by atoms with Crippen LogP contribution in [0, 0.1) is 13.8 Å². The van der Waals surface area contributed by atoms with Gasteiger partial charge in [-0.05, 0) is 90.1 Å². The fourth-order valence-electron chi connectivity index (χ4n) is 5.73. The summed E-state index contributed by atoms with van der Waals surface area (Å²) in [6, 6.07) is 11.7. The molecule has 0 bridgehead atoms. The lowest BCUT2D eigenvalue weighted by atomic mass is 9.75. The van der Waals surface area contributed by atoms with Gasteiger partial charge in [0.25, 0.3) is 0 Å². The largest absolute Gasteiger partial charge is 0.105 e. The van der Waals surface area contributed by atoms with Gasteiger partial charge in [0.05, 0.1) is 0 Å². The predicted octanol–water partition coefficient (Wildman–Crippen LogP) is 7.57. The first kappa shape index (κ1) is 19.2. The second-order valence-electron chi connectivity index (χ2n) is 8.97. The Morgan fingerprint density at radius 2 is 1.26 bits per heavy atom. The Morgan fingerprint density at radius 1 is 0.704 bits per heavy atom. The van der Waals surface area contributed by atoms with Crippen LogP contribution < -0.4 is 5.30 Å². The monoisotopic (exact) mass is 378 g/mol. The first-order valence-corrected chi connectivity index (χ1v) is 11.7. The van der Waals surface area contributed by atoms with Gasteiger partial charge in [-0.3, -0.25) is 0 Å². The van der Waals surface area contributed by atoms with Crippen LogP contribution in [0.5, 0.6) is 0 Å². The van der Waals surface area contributed by atoms with Crippen molar-refractivity contribution in [1.82, 2.24) is 0 Å². The Hall–Kier alpha value is -1.13. The van der Waals surface area contributed by atoms with Gasteiger partial charge in [-0.15, -0.1) is 9.24 Å². The zero-order chi connectivity index (χ0) is 18.8. The average molecular weight is 379 g/mol. The molecule has 0 saturated heterocycles. The summed E-state index contributed by atoms with van der Waals surface area (Å²) in [5.41, 5.74) is 9.12. The number of hydrogen-bond acceptors (Lipinski definition) is 0. The van der Waals surface area contributed by atoms with Crippen LogP contribution >= 0.6 is 9.24 Å². The summed E-state index contributed by atoms with van der Waals surface area (Å²) < 4.78 is 0. The normalized spacial score (nSPS) is 19.4. The van der Waals surface area contributed by atoms with Crippen LogP contribution in [0.3, 0.4) is 0 Å². The molecule has 0 spiro atoms. The smallest absolute Gasteiger partial charge is 0.0104 e. The molecule has 27 heavy (non-hydrogen) atoms. The maximum absolute atomic E-state index is 3.19. The minimum Gasteiger partial charge on any atom is -0.105 e. The van der Waals surface area contributed by atoms with E-state index in [4.69, 9.17) is 0 Å². The molecule has 144 valence electrons. The molecule has 4 rings (SSSR count). The van der Waals surface area contributed by atoms with E-state index in [0.29, 0.717) is 0 Å². The molecule has 1 heteroatoms. The molecule has 0 radical (unpaired) electrons. The van der Waals surface area contributed by atoms with Gasteiger partial charge in [-0.25, -0.2) is 0 Å². The topological polar surface area (TPSA) is 0 Å². The SMILES string of the molecule is Cc1cccc(C)c1-c1ccc(C2CCCCC2)c(C2CCCCC2)c1P. The molecule has 1 unspecified atom stereocenters. The summed E-state index contributed by atoms with van der Waals surface area (Å²) in [7, 11) is 3.19. The second-order valence-corrected chi connectivity index (χ2v) is 9.54. The molecule has 0 nitrogen and oxygen atoms in total. The van der Waals surface area contributed by atoms with Gasteiger partial charge >= 0.3 is 0 Å². The Labute approximate surface area is 168 Å². The highest BCUT2D eigenvalue weighted by molar-refractivity contribution is 7.28. The number of benzene rings is 2. The zero-order valence-electron chi connectivity index (χ0n) is 17.2. The lowest BCUT2D eigenvalue weighted by Gasteiger charge is -2.32. The van der Waals surface area contributed by atoms with Gasteiger partial charge in [0, 0.05) is 0 Å². The maximum Gasteiger partial charge on any atom is -0.0104 e. The highest BCUT2D eigenvalue weighted by atomic mass is 31.0. The molecule has 0 amide bonds. The molecule has 0 N–H and O–H groups in total. The third kappa shape index (κ3) is 3.88. The third-order valence-electron chi connectivity index (χ3n) is 7.13. The van der Waals surface area contributed by atoms with Crippen LogP contribution in [0.4, 0.5) is 0 Å². The molecule has 2 aromatic carbocycles.